The van der Waals surface area contributed by atoms with Crippen LogP contribution in [0.4, 0.5) is 0 Å². The standard InChI is InChI=1S/C13H19N3O2S/c1-9-4-7-19-10(9)8-15-12(17)13(11(14)16-18)5-2-3-6-13/h4,7,18H,2-3,5-6,8H2,1H3,(H2,14,16)(H,15,17). The summed E-state index contributed by atoms with van der Waals surface area (Å²) in [7, 11) is 0. The molecule has 0 aliphatic heterocycles. The van der Waals surface area contributed by atoms with Gasteiger partial charge in [-0.05, 0) is 36.8 Å². The lowest BCUT2D eigenvalue weighted by atomic mass is 9.84. The largest absolute Gasteiger partial charge is 0.409 e. The zero-order chi connectivity index (χ0) is 13.9. The van der Waals surface area contributed by atoms with Gasteiger partial charge in [-0.3, -0.25) is 4.79 Å². The van der Waals surface area contributed by atoms with Gasteiger partial charge in [0.2, 0.25) is 5.91 Å². The van der Waals surface area contributed by atoms with Gasteiger partial charge in [0.25, 0.3) is 0 Å². The average molecular weight is 281 g/mol. The summed E-state index contributed by atoms with van der Waals surface area (Å²) in [5.41, 5.74) is 6.09. The third-order valence-electron chi connectivity index (χ3n) is 3.87. The van der Waals surface area contributed by atoms with Gasteiger partial charge >= 0.3 is 0 Å². The van der Waals surface area contributed by atoms with Gasteiger partial charge < -0.3 is 16.3 Å². The van der Waals surface area contributed by atoms with Gasteiger partial charge in [0.15, 0.2) is 5.84 Å². The monoisotopic (exact) mass is 281 g/mol. The summed E-state index contributed by atoms with van der Waals surface area (Å²) >= 11 is 1.62. The predicted octanol–water partition coefficient (Wildman–Crippen LogP) is 1.98. The molecule has 1 aliphatic carbocycles. The number of nitrogens with one attached hydrogen (secondary N) is 1. The average Bonchev–Trinajstić information content (AvgIpc) is 3.05. The Labute approximate surface area is 116 Å². The molecule has 1 aliphatic rings. The Morgan fingerprint density at radius 1 is 1.58 bits per heavy atom. The SMILES string of the molecule is Cc1ccsc1CNC(=O)C1(C(N)=NO)CCCC1. The number of oxime groups is 1. The molecule has 1 aromatic rings. The molecule has 2 rings (SSSR count). The fourth-order valence-electron chi connectivity index (χ4n) is 2.59. The van der Waals surface area contributed by atoms with Crippen LogP contribution in [0.15, 0.2) is 16.6 Å². The summed E-state index contributed by atoms with van der Waals surface area (Å²) in [6.07, 6.45) is 3.17. The number of thiophene rings is 1. The lowest BCUT2D eigenvalue weighted by molar-refractivity contribution is -0.127. The third-order valence-corrected chi connectivity index (χ3v) is 4.89. The van der Waals surface area contributed by atoms with Crippen LogP contribution in [-0.4, -0.2) is 17.0 Å². The van der Waals surface area contributed by atoms with Crippen molar-refractivity contribution in [1.29, 1.82) is 0 Å². The molecule has 1 heterocycles. The normalized spacial score (nSPS) is 18.5. The highest BCUT2D eigenvalue weighted by Crippen LogP contribution is 2.38. The molecule has 0 bridgehead atoms. The van der Waals surface area contributed by atoms with Crippen LogP contribution in [0, 0.1) is 12.3 Å². The molecular weight excluding hydrogens is 262 g/mol. The molecule has 104 valence electrons. The maximum atomic E-state index is 12.4. The van der Waals surface area contributed by atoms with Crippen molar-refractivity contribution in [2.45, 2.75) is 39.2 Å². The van der Waals surface area contributed by atoms with Gasteiger partial charge in [0.05, 0.1) is 6.54 Å². The number of aryl methyl sites for hydroxylation is 1. The molecule has 4 N–H and O–H groups in total. The molecule has 0 saturated heterocycles. The van der Waals surface area contributed by atoms with E-state index in [0.717, 1.165) is 17.7 Å². The first-order chi connectivity index (χ1) is 9.10. The van der Waals surface area contributed by atoms with E-state index in [1.165, 1.54) is 5.56 Å². The zero-order valence-corrected chi connectivity index (χ0v) is 11.8. The molecule has 5 nitrogen and oxygen atoms in total. The fourth-order valence-corrected chi connectivity index (χ4v) is 3.43. The topological polar surface area (TPSA) is 87.7 Å². The molecule has 1 fully saturated rings. The number of amidine groups is 1. The molecule has 0 aromatic carbocycles. The lowest BCUT2D eigenvalue weighted by Crippen LogP contribution is -2.48. The van der Waals surface area contributed by atoms with Gasteiger partial charge in [-0.1, -0.05) is 18.0 Å². The Morgan fingerprint density at radius 2 is 2.26 bits per heavy atom. The van der Waals surface area contributed by atoms with Crippen LogP contribution >= 0.6 is 11.3 Å². The second-order valence-corrected chi connectivity index (χ2v) is 5.98. The highest BCUT2D eigenvalue weighted by atomic mass is 32.1. The number of carbonyl (C=O) groups excluding carboxylic acids is 1. The molecule has 0 atom stereocenters. The summed E-state index contributed by atoms with van der Waals surface area (Å²) in [6, 6.07) is 2.03. The van der Waals surface area contributed by atoms with Crippen molar-refractivity contribution in [1.82, 2.24) is 5.32 Å². The number of nitrogens with zero attached hydrogens (tertiary/aromatic N) is 1. The number of carbonyl (C=O) groups is 1. The summed E-state index contributed by atoms with van der Waals surface area (Å²) in [6.45, 7) is 2.52. The van der Waals surface area contributed by atoms with Gasteiger partial charge in [0, 0.05) is 4.88 Å². The van der Waals surface area contributed by atoms with E-state index in [2.05, 4.69) is 10.5 Å². The molecular formula is C13H19N3O2S. The number of rotatable bonds is 4. The molecule has 1 saturated carbocycles. The van der Waals surface area contributed by atoms with Crippen LogP contribution in [0.2, 0.25) is 0 Å². The van der Waals surface area contributed by atoms with Crippen molar-refractivity contribution in [2.24, 2.45) is 16.3 Å². The quantitative estimate of drug-likeness (QED) is 0.341. The summed E-state index contributed by atoms with van der Waals surface area (Å²) in [5.74, 6) is -0.0986. The Hall–Kier alpha value is -1.56. The highest BCUT2D eigenvalue weighted by molar-refractivity contribution is 7.10. The number of hydrogen-bond donors (Lipinski definition) is 3. The Kier molecular flexibility index (Phi) is 4.09. The summed E-state index contributed by atoms with van der Waals surface area (Å²) < 4.78 is 0. The van der Waals surface area contributed by atoms with E-state index in [-0.39, 0.29) is 11.7 Å². The minimum atomic E-state index is -0.820. The van der Waals surface area contributed by atoms with Crippen LogP contribution in [0.3, 0.4) is 0 Å². The van der Waals surface area contributed by atoms with Crippen molar-refractivity contribution in [3.05, 3.63) is 21.9 Å². The van der Waals surface area contributed by atoms with Crippen molar-refractivity contribution in [3.63, 3.8) is 0 Å². The van der Waals surface area contributed by atoms with E-state index in [1.54, 1.807) is 11.3 Å². The van der Waals surface area contributed by atoms with Gasteiger partial charge in [-0.2, -0.15) is 0 Å². The molecule has 19 heavy (non-hydrogen) atoms. The molecule has 6 heteroatoms. The lowest BCUT2D eigenvalue weighted by Gasteiger charge is -2.25. The summed E-state index contributed by atoms with van der Waals surface area (Å²) in [5, 5.41) is 16.9. The van der Waals surface area contributed by atoms with Crippen molar-refractivity contribution < 1.29 is 10.0 Å². The highest BCUT2D eigenvalue weighted by Gasteiger charge is 2.45. The maximum Gasteiger partial charge on any atom is 0.234 e. The second kappa shape index (κ2) is 5.61. The van der Waals surface area contributed by atoms with E-state index in [4.69, 9.17) is 10.9 Å². The van der Waals surface area contributed by atoms with E-state index in [9.17, 15) is 4.79 Å². The first-order valence-corrected chi connectivity index (χ1v) is 7.27. The van der Waals surface area contributed by atoms with Crippen LogP contribution in [-0.2, 0) is 11.3 Å². The molecule has 0 spiro atoms. The predicted molar refractivity (Wildman–Crippen MR) is 75.2 cm³/mol. The number of hydrogen-bond acceptors (Lipinski definition) is 4. The van der Waals surface area contributed by atoms with E-state index < -0.39 is 5.41 Å². The van der Waals surface area contributed by atoms with Crippen molar-refractivity contribution >= 4 is 23.1 Å². The van der Waals surface area contributed by atoms with Crippen molar-refractivity contribution in [3.8, 4) is 0 Å². The smallest absolute Gasteiger partial charge is 0.234 e. The van der Waals surface area contributed by atoms with Crippen LogP contribution in [0.25, 0.3) is 0 Å². The number of nitrogens with two attached hydrogens (primary N) is 1. The first-order valence-electron chi connectivity index (χ1n) is 6.39. The van der Waals surface area contributed by atoms with Crippen LogP contribution in [0.5, 0.6) is 0 Å². The molecule has 1 aromatic heterocycles. The number of amides is 1. The molecule has 0 unspecified atom stereocenters. The minimum Gasteiger partial charge on any atom is -0.409 e. The molecule has 0 radical (unpaired) electrons. The van der Waals surface area contributed by atoms with E-state index >= 15 is 0 Å². The van der Waals surface area contributed by atoms with Crippen LogP contribution in [0.1, 0.15) is 36.1 Å². The zero-order valence-electron chi connectivity index (χ0n) is 11.0. The van der Waals surface area contributed by atoms with Gasteiger partial charge in [0.1, 0.15) is 5.41 Å². The fraction of sp³-hybridized carbons (Fsp3) is 0.538. The molecule has 1 amide bonds. The minimum absolute atomic E-state index is 0.0328. The Bertz CT molecular complexity index is 490. The maximum absolute atomic E-state index is 12.4. The van der Waals surface area contributed by atoms with Crippen LogP contribution < -0.4 is 11.1 Å². The Balaban J connectivity index is 2.07. The van der Waals surface area contributed by atoms with Crippen molar-refractivity contribution in [2.75, 3.05) is 0 Å². The Morgan fingerprint density at radius 3 is 2.79 bits per heavy atom. The van der Waals surface area contributed by atoms with E-state index in [1.807, 2.05) is 18.4 Å². The third kappa shape index (κ3) is 2.58. The first kappa shape index (κ1) is 13.9. The van der Waals surface area contributed by atoms with Gasteiger partial charge in [-0.25, -0.2) is 0 Å². The second-order valence-electron chi connectivity index (χ2n) is 4.98. The van der Waals surface area contributed by atoms with Gasteiger partial charge in [-0.15, -0.1) is 11.3 Å². The summed E-state index contributed by atoms with van der Waals surface area (Å²) in [4.78, 5) is 13.5. The van der Waals surface area contributed by atoms with E-state index in [0.29, 0.717) is 19.4 Å².